The molecule has 3 amide bonds. The number of anilines is 1. The highest BCUT2D eigenvalue weighted by molar-refractivity contribution is 7.17. The van der Waals surface area contributed by atoms with Crippen LogP contribution in [0.1, 0.15) is 46.1 Å². The smallest absolute Gasteiger partial charge is 0.326 e. The zero-order valence-corrected chi connectivity index (χ0v) is 16.3. The Morgan fingerprint density at radius 2 is 2.19 bits per heavy atom. The Hall–Kier alpha value is -2.42. The lowest BCUT2D eigenvalue weighted by molar-refractivity contribution is 0.0953. The van der Waals surface area contributed by atoms with E-state index in [0.717, 1.165) is 25.4 Å². The second-order valence-electron chi connectivity index (χ2n) is 7.18. The number of nitrogens with one attached hydrogen (secondary N) is 1. The zero-order chi connectivity index (χ0) is 19.0. The minimum Gasteiger partial charge on any atom is -0.361 e. The van der Waals surface area contributed by atoms with Gasteiger partial charge in [0.2, 0.25) is 0 Å². The first-order valence-corrected chi connectivity index (χ1v) is 10.1. The van der Waals surface area contributed by atoms with E-state index in [1.165, 1.54) is 24.2 Å². The Bertz CT molecular complexity index is 857. The molecule has 27 heavy (non-hydrogen) atoms. The highest BCUT2D eigenvalue weighted by Crippen LogP contribution is 2.33. The number of hydrogen-bond acceptors (Lipinski definition) is 6. The molecule has 0 spiro atoms. The first-order chi connectivity index (χ1) is 13.0. The largest absolute Gasteiger partial charge is 0.361 e. The van der Waals surface area contributed by atoms with Crippen molar-refractivity contribution in [2.45, 2.75) is 39.7 Å². The van der Waals surface area contributed by atoms with Crippen LogP contribution in [0.15, 0.2) is 10.6 Å². The summed E-state index contributed by atoms with van der Waals surface area (Å²) in [5.41, 5.74) is 1.30. The summed E-state index contributed by atoms with van der Waals surface area (Å²) < 4.78 is 5.00. The van der Waals surface area contributed by atoms with E-state index in [0.29, 0.717) is 40.2 Å². The molecule has 0 unspecified atom stereocenters. The molecule has 0 aromatic carbocycles. The number of amides is 3. The summed E-state index contributed by atoms with van der Waals surface area (Å²) in [5, 5.41) is 7.28. The molecular weight excluding hydrogens is 366 g/mol. The van der Waals surface area contributed by atoms with Crippen molar-refractivity contribution < 1.29 is 14.1 Å². The fourth-order valence-corrected chi connectivity index (χ4v) is 4.18. The van der Waals surface area contributed by atoms with E-state index in [1.807, 2.05) is 4.90 Å². The summed E-state index contributed by atoms with van der Waals surface area (Å²) in [6.45, 7) is 6.04. The van der Waals surface area contributed by atoms with Crippen molar-refractivity contribution >= 4 is 28.4 Å². The topological polar surface area (TPSA) is 91.6 Å². The van der Waals surface area contributed by atoms with Crippen LogP contribution in [0.2, 0.25) is 0 Å². The Kier molecular flexibility index (Phi) is 4.86. The number of rotatable bonds is 7. The molecule has 0 atom stereocenters. The average Bonchev–Trinajstić information content (AvgIpc) is 3.08. The van der Waals surface area contributed by atoms with Crippen LogP contribution in [0.5, 0.6) is 0 Å². The Labute approximate surface area is 161 Å². The van der Waals surface area contributed by atoms with Crippen molar-refractivity contribution in [1.82, 2.24) is 20.4 Å². The minimum absolute atomic E-state index is 0.00516. The summed E-state index contributed by atoms with van der Waals surface area (Å²) >= 11 is 1.26. The number of hydrogen-bond donors (Lipinski definition) is 1. The zero-order valence-electron chi connectivity index (χ0n) is 15.5. The maximum atomic E-state index is 12.6. The SMILES string of the molecule is Cc1cc(CNC(=O)c2sc(N3CCN(CCC4CC4)C3=O)nc2C)no1. The molecule has 1 aliphatic carbocycles. The maximum Gasteiger partial charge on any atom is 0.326 e. The minimum atomic E-state index is -0.214. The molecular formula is C18H23N5O3S. The maximum absolute atomic E-state index is 12.6. The van der Waals surface area contributed by atoms with E-state index in [9.17, 15) is 9.59 Å². The fraction of sp³-hybridized carbons (Fsp3) is 0.556. The predicted molar refractivity (Wildman–Crippen MR) is 101 cm³/mol. The van der Waals surface area contributed by atoms with Gasteiger partial charge >= 0.3 is 6.03 Å². The van der Waals surface area contributed by atoms with Crippen molar-refractivity contribution in [2.24, 2.45) is 5.92 Å². The van der Waals surface area contributed by atoms with Crippen LogP contribution in [-0.4, -0.2) is 46.6 Å². The van der Waals surface area contributed by atoms with E-state index in [4.69, 9.17) is 4.52 Å². The summed E-state index contributed by atoms with van der Waals surface area (Å²) in [5.74, 6) is 1.29. The summed E-state index contributed by atoms with van der Waals surface area (Å²) in [4.78, 5) is 33.7. The van der Waals surface area contributed by atoms with E-state index in [2.05, 4.69) is 15.5 Å². The van der Waals surface area contributed by atoms with Gasteiger partial charge in [0, 0.05) is 25.7 Å². The molecule has 0 bridgehead atoms. The van der Waals surface area contributed by atoms with Crippen LogP contribution >= 0.6 is 11.3 Å². The standard InChI is InChI=1S/C18H23N5O3S/c1-11-9-14(21-26-11)10-19-16(24)15-12(2)20-17(27-15)23-8-7-22(18(23)25)6-5-13-3-4-13/h9,13H,3-8,10H2,1-2H3,(H,19,24). The third-order valence-corrected chi connectivity index (χ3v) is 6.11. The van der Waals surface area contributed by atoms with Gasteiger partial charge in [-0.25, -0.2) is 9.78 Å². The van der Waals surface area contributed by atoms with E-state index in [-0.39, 0.29) is 11.9 Å². The van der Waals surface area contributed by atoms with E-state index >= 15 is 0 Å². The van der Waals surface area contributed by atoms with Gasteiger partial charge in [-0.2, -0.15) is 0 Å². The second-order valence-corrected chi connectivity index (χ2v) is 8.15. The number of aromatic nitrogens is 2. The summed E-state index contributed by atoms with van der Waals surface area (Å²) in [6, 6.07) is 1.78. The Morgan fingerprint density at radius 3 is 2.89 bits per heavy atom. The number of urea groups is 1. The second kappa shape index (κ2) is 7.30. The van der Waals surface area contributed by atoms with Crippen LogP contribution in [0.3, 0.4) is 0 Å². The highest BCUT2D eigenvalue weighted by Gasteiger charge is 2.33. The monoisotopic (exact) mass is 389 g/mol. The van der Waals surface area contributed by atoms with Crippen molar-refractivity contribution in [3.8, 4) is 0 Å². The van der Waals surface area contributed by atoms with Gasteiger partial charge in [-0.1, -0.05) is 29.3 Å². The molecule has 8 nitrogen and oxygen atoms in total. The van der Waals surface area contributed by atoms with Crippen molar-refractivity contribution in [3.63, 3.8) is 0 Å². The lowest BCUT2D eigenvalue weighted by atomic mass is 10.3. The van der Waals surface area contributed by atoms with Crippen LogP contribution in [0, 0.1) is 19.8 Å². The van der Waals surface area contributed by atoms with Gasteiger partial charge < -0.3 is 14.7 Å². The first-order valence-electron chi connectivity index (χ1n) is 9.25. The number of thiazole rings is 1. The number of carbonyl (C=O) groups excluding carboxylic acids is 2. The first kappa shape index (κ1) is 18.0. The molecule has 144 valence electrons. The predicted octanol–water partition coefficient (Wildman–Crippen LogP) is 2.72. The average molecular weight is 389 g/mol. The molecule has 9 heteroatoms. The van der Waals surface area contributed by atoms with Gasteiger partial charge in [0.05, 0.1) is 12.2 Å². The van der Waals surface area contributed by atoms with Gasteiger partial charge in [0.15, 0.2) is 5.13 Å². The van der Waals surface area contributed by atoms with E-state index < -0.39 is 0 Å². The van der Waals surface area contributed by atoms with Crippen LogP contribution in [0.4, 0.5) is 9.93 Å². The van der Waals surface area contributed by atoms with Crippen LogP contribution < -0.4 is 10.2 Å². The molecule has 1 saturated carbocycles. The molecule has 1 saturated heterocycles. The molecule has 1 aliphatic heterocycles. The van der Waals surface area contributed by atoms with Crippen molar-refractivity contribution in [3.05, 3.63) is 28.1 Å². The van der Waals surface area contributed by atoms with Crippen LogP contribution in [-0.2, 0) is 6.54 Å². The number of aryl methyl sites for hydroxylation is 2. The fourth-order valence-electron chi connectivity index (χ4n) is 3.17. The van der Waals surface area contributed by atoms with Crippen LogP contribution in [0.25, 0.3) is 0 Å². The molecule has 2 aromatic heterocycles. The molecule has 1 N–H and O–H groups in total. The molecule has 3 heterocycles. The third-order valence-electron chi connectivity index (χ3n) is 4.93. The van der Waals surface area contributed by atoms with Gasteiger partial charge in [0.25, 0.3) is 5.91 Å². The quantitative estimate of drug-likeness (QED) is 0.786. The summed E-state index contributed by atoms with van der Waals surface area (Å²) in [7, 11) is 0. The molecule has 0 radical (unpaired) electrons. The van der Waals surface area contributed by atoms with Gasteiger partial charge in [-0.05, 0) is 26.2 Å². The molecule has 2 aromatic rings. The Balaban J connectivity index is 1.38. The van der Waals surface area contributed by atoms with Gasteiger partial charge in [-0.15, -0.1) is 0 Å². The van der Waals surface area contributed by atoms with Gasteiger partial charge in [-0.3, -0.25) is 9.69 Å². The lowest BCUT2D eigenvalue weighted by Crippen LogP contribution is -2.32. The lowest BCUT2D eigenvalue weighted by Gasteiger charge is -2.16. The van der Waals surface area contributed by atoms with E-state index in [1.54, 1.807) is 24.8 Å². The Morgan fingerprint density at radius 1 is 1.37 bits per heavy atom. The third kappa shape index (κ3) is 3.97. The molecule has 2 aliphatic rings. The summed E-state index contributed by atoms with van der Waals surface area (Å²) in [6.07, 6.45) is 3.68. The molecule has 2 fully saturated rings. The number of carbonyl (C=O) groups is 2. The normalized spacial score (nSPS) is 17.0. The number of nitrogens with zero attached hydrogens (tertiary/aromatic N) is 4. The highest BCUT2D eigenvalue weighted by atomic mass is 32.1. The van der Waals surface area contributed by atoms with Gasteiger partial charge in [0.1, 0.15) is 16.3 Å². The van der Waals surface area contributed by atoms with Crippen molar-refractivity contribution in [1.29, 1.82) is 0 Å². The van der Waals surface area contributed by atoms with Crippen molar-refractivity contribution in [2.75, 3.05) is 24.5 Å². The molecule has 4 rings (SSSR count).